The maximum absolute atomic E-state index is 11.4. The Bertz CT molecular complexity index is 424. The number of aliphatic hydroxyl groups is 1. The predicted molar refractivity (Wildman–Crippen MR) is 67.8 cm³/mol. The Kier molecular flexibility index (Phi) is 5.90. The number of aliphatic carboxylic acids is 1. The zero-order chi connectivity index (χ0) is 13.5. The van der Waals surface area contributed by atoms with E-state index in [0.717, 1.165) is 4.88 Å². The van der Waals surface area contributed by atoms with Gasteiger partial charge < -0.3 is 20.8 Å². The van der Waals surface area contributed by atoms with Crippen molar-refractivity contribution in [1.29, 1.82) is 0 Å². The van der Waals surface area contributed by atoms with Crippen molar-refractivity contribution >= 4 is 34.9 Å². The molecule has 0 fully saturated rings. The molecule has 0 aliphatic heterocycles. The molecule has 0 aliphatic rings. The average molecular weight is 293 g/mol. The van der Waals surface area contributed by atoms with Gasteiger partial charge in [-0.1, -0.05) is 11.6 Å². The fourth-order valence-electron chi connectivity index (χ4n) is 1.21. The summed E-state index contributed by atoms with van der Waals surface area (Å²) in [4.78, 5) is 23.0. The van der Waals surface area contributed by atoms with Crippen molar-refractivity contribution in [1.82, 2.24) is 10.6 Å². The Morgan fingerprint density at radius 1 is 1.44 bits per heavy atom. The summed E-state index contributed by atoms with van der Waals surface area (Å²) in [5, 5.41) is 22.2. The summed E-state index contributed by atoms with van der Waals surface area (Å²) in [5.74, 6) is -1.18. The molecule has 18 heavy (non-hydrogen) atoms. The minimum atomic E-state index is -1.18. The van der Waals surface area contributed by atoms with Crippen molar-refractivity contribution in [2.75, 3.05) is 6.61 Å². The number of amides is 2. The minimum Gasteiger partial charge on any atom is -0.480 e. The Morgan fingerprint density at radius 2 is 2.17 bits per heavy atom. The van der Waals surface area contributed by atoms with E-state index in [1.807, 2.05) is 0 Å². The summed E-state index contributed by atoms with van der Waals surface area (Å²) >= 11 is 7.06. The van der Waals surface area contributed by atoms with E-state index in [0.29, 0.717) is 4.34 Å². The number of carboxylic acid groups (broad SMARTS) is 1. The monoisotopic (exact) mass is 292 g/mol. The van der Waals surface area contributed by atoms with Crippen molar-refractivity contribution < 1.29 is 19.8 Å². The number of carboxylic acids is 1. The molecule has 0 aromatic carbocycles. The first-order chi connectivity index (χ1) is 8.52. The summed E-state index contributed by atoms with van der Waals surface area (Å²) < 4.78 is 0.621. The summed E-state index contributed by atoms with van der Waals surface area (Å²) in [6.07, 6.45) is -0.0341. The average Bonchev–Trinajstić information content (AvgIpc) is 2.72. The molecular weight excluding hydrogens is 280 g/mol. The van der Waals surface area contributed by atoms with Crippen LogP contribution in [0.3, 0.4) is 0 Å². The maximum atomic E-state index is 11.4. The van der Waals surface area contributed by atoms with Crippen molar-refractivity contribution in [3.63, 3.8) is 0 Å². The van der Waals surface area contributed by atoms with Gasteiger partial charge in [-0.2, -0.15) is 0 Å². The van der Waals surface area contributed by atoms with Crippen LogP contribution in [0.15, 0.2) is 12.1 Å². The SMILES string of the molecule is O=C(NCc1ccc(Cl)s1)N[C@H](CCO)C(=O)O. The number of thiophene rings is 1. The van der Waals surface area contributed by atoms with Gasteiger partial charge in [-0.25, -0.2) is 9.59 Å². The first kappa shape index (κ1) is 14.7. The van der Waals surface area contributed by atoms with E-state index in [1.165, 1.54) is 11.3 Å². The normalized spacial score (nSPS) is 11.9. The third-order valence-electron chi connectivity index (χ3n) is 2.07. The molecule has 0 radical (unpaired) electrons. The van der Waals surface area contributed by atoms with E-state index < -0.39 is 18.0 Å². The number of carbonyl (C=O) groups is 2. The lowest BCUT2D eigenvalue weighted by Crippen LogP contribution is -2.46. The van der Waals surface area contributed by atoms with Gasteiger partial charge in [-0.05, 0) is 12.1 Å². The first-order valence-electron chi connectivity index (χ1n) is 5.15. The molecule has 1 atom stereocenters. The van der Waals surface area contributed by atoms with Crippen LogP contribution in [0.2, 0.25) is 4.34 Å². The minimum absolute atomic E-state index is 0.0341. The van der Waals surface area contributed by atoms with E-state index in [-0.39, 0.29) is 19.6 Å². The van der Waals surface area contributed by atoms with Gasteiger partial charge in [0.25, 0.3) is 0 Å². The Hall–Kier alpha value is -1.31. The quantitative estimate of drug-likeness (QED) is 0.629. The molecule has 0 saturated heterocycles. The van der Waals surface area contributed by atoms with Gasteiger partial charge >= 0.3 is 12.0 Å². The number of hydrogen-bond acceptors (Lipinski definition) is 4. The van der Waals surface area contributed by atoms with Gasteiger partial charge in [0.2, 0.25) is 0 Å². The van der Waals surface area contributed by atoms with Crippen LogP contribution in [0.25, 0.3) is 0 Å². The second-order valence-electron chi connectivity index (χ2n) is 3.44. The van der Waals surface area contributed by atoms with Crippen LogP contribution in [-0.4, -0.2) is 34.9 Å². The molecule has 4 N–H and O–H groups in total. The van der Waals surface area contributed by atoms with E-state index in [4.69, 9.17) is 21.8 Å². The lowest BCUT2D eigenvalue weighted by Gasteiger charge is -2.13. The molecule has 0 bridgehead atoms. The molecule has 8 heteroatoms. The Balaban J connectivity index is 2.38. The second kappa shape index (κ2) is 7.20. The Labute approximate surface area is 113 Å². The maximum Gasteiger partial charge on any atom is 0.326 e. The molecule has 2 amide bonds. The zero-order valence-corrected chi connectivity index (χ0v) is 10.9. The molecule has 0 spiro atoms. The summed E-state index contributed by atoms with van der Waals surface area (Å²) in [6, 6.07) is 1.80. The van der Waals surface area contributed by atoms with Crippen molar-refractivity contribution in [2.45, 2.75) is 19.0 Å². The number of aliphatic hydroxyl groups excluding tert-OH is 1. The van der Waals surface area contributed by atoms with Gasteiger partial charge in [-0.3, -0.25) is 0 Å². The molecular formula is C10H13ClN2O4S. The van der Waals surface area contributed by atoms with Crippen molar-refractivity contribution in [3.05, 3.63) is 21.3 Å². The van der Waals surface area contributed by atoms with Crippen LogP contribution in [-0.2, 0) is 11.3 Å². The number of rotatable bonds is 6. The summed E-state index contributed by atoms with van der Waals surface area (Å²) in [7, 11) is 0. The largest absolute Gasteiger partial charge is 0.480 e. The highest BCUT2D eigenvalue weighted by atomic mass is 35.5. The molecule has 6 nitrogen and oxygen atoms in total. The van der Waals surface area contributed by atoms with E-state index in [1.54, 1.807) is 12.1 Å². The standard InChI is InChI=1S/C10H13ClN2O4S/c11-8-2-1-6(18-8)5-12-10(17)13-7(3-4-14)9(15)16/h1-2,7,14H,3-5H2,(H,15,16)(H2,12,13,17)/t7-/m1/s1. The fourth-order valence-corrected chi connectivity index (χ4v) is 2.24. The van der Waals surface area contributed by atoms with Crippen molar-refractivity contribution in [2.24, 2.45) is 0 Å². The highest BCUT2D eigenvalue weighted by Gasteiger charge is 2.18. The molecule has 1 aromatic heterocycles. The van der Waals surface area contributed by atoms with Crippen LogP contribution >= 0.6 is 22.9 Å². The van der Waals surface area contributed by atoms with Crippen LogP contribution < -0.4 is 10.6 Å². The van der Waals surface area contributed by atoms with E-state index in [2.05, 4.69) is 10.6 Å². The van der Waals surface area contributed by atoms with E-state index >= 15 is 0 Å². The lowest BCUT2D eigenvalue weighted by molar-refractivity contribution is -0.139. The smallest absolute Gasteiger partial charge is 0.326 e. The van der Waals surface area contributed by atoms with Crippen LogP contribution in [0.5, 0.6) is 0 Å². The molecule has 1 rings (SSSR count). The van der Waals surface area contributed by atoms with Gasteiger partial charge in [0.15, 0.2) is 0 Å². The van der Waals surface area contributed by atoms with Crippen LogP contribution in [0.4, 0.5) is 4.79 Å². The topological polar surface area (TPSA) is 98.7 Å². The van der Waals surface area contributed by atoms with Gasteiger partial charge in [0.1, 0.15) is 6.04 Å². The van der Waals surface area contributed by atoms with Crippen molar-refractivity contribution in [3.8, 4) is 0 Å². The Morgan fingerprint density at radius 3 is 2.67 bits per heavy atom. The highest BCUT2D eigenvalue weighted by Crippen LogP contribution is 2.20. The molecule has 0 saturated carbocycles. The van der Waals surface area contributed by atoms with E-state index in [9.17, 15) is 9.59 Å². The molecule has 100 valence electrons. The summed E-state index contributed by atoms with van der Waals surface area (Å²) in [5.41, 5.74) is 0. The predicted octanol–water partition coefficient (Wildman–Crippen LogP) is 1.04. The molecule has 0 unspecified atom stereocenters. The number of halogens is 1. The number of nitrogens with one attached hydrogen (secondary N) is 2. The van der Waals surface area contributed by atoms with Gasteiger partial charge in [0.05, 0.1) is 10.9 Å². The van der Waals surface area contributed by atoms with Crippen LogP contribution in [0, 0.1) is 0 Å². The number of hydrogen-bond donors (Lipinski definition) is 4. The highest BCUT2D eigenvalue weighted by molar-refractivity contribution is 7.16. The third-order valence-corrected chi connectivity index (χ3v) is 3.30. The van der Waals surface area contributed by atoms with Gasteiger partial charge in [0, 0.05) is 17.9 Å². The molecule has 1 heterocycles. The fraction of sp³-hybridized carbons (Fsp3) is 0.400. The van der Waals surface area contributed by atoms with Crippen LogP contribution in [0.1, 0.15) is 11.3 Å². The number of urea groups is 1. The number of carbonyl (C=O) groups excluding carboxylic acids is 1. The van der Waals surface area contributed by atoms with Gasteiger partial charge in [-0.15, -0.1) is 11.3 Å². The molecule has 1 aromatic rings. The summed E-state index contributed by atoms with van der Waals surface area (Å²) in [6.45, 7) is -0.0353. The first-order valence-corrected chi connectivity index (χ1v) is 6.34. The third kappa shape index (κ3) is 4.91. The lowest BCUT2D eigenvalue weighted by atomic mass is 10.2. The zero-order valence-electron chi connectivity index (χ0n) is 9.35. The molecule has 0 aliphatic carbocycles. The second-order valence-corrected chi connectivity index (χ2v) is 5.24.